The maximum absolute atomic E-state index is 3.68. The summed E-state index contributed by atoms with van der Waals surface area (Å²) in [5.41, 5.74) is 0. The predicted molar refractivity (Wildman–Crippen MR) is 118 cm³/mol. The molecule has 0 spiro atoms. The molecule has 11 heteroatoms. The van der Waals surface area contributed by atoms with Crippen LogP contribution >= 0.6 is 175 Å². The highest BCUT2D eigenvalue weighted by Gasteiger charge is 2.68. The molecule has 0 radical (unpaired) electrons. The molecule has 0 aliphatic carbocycles. The molecule has 0 aliphatic heterocycles. The first-order valence-corrected chi connectivity index (χ1v) is 12.3. The minimum absolute atomic E-state index is 0.453. The second-order valence-corrected chi connectivity index (χ2v) is 24.4. The van der Waals surface area contributed by atoms with Crippen LogP contribution in [0.25, 0.3) is 0 Å². The SMILES string of the molecule is CC(Br)(Br)C(Br)(Br)C(Br)(Br)C(Br)(Br)C(Br)(Br)Br. The zero-order chi connectivity index (χ0) is 14.5. The Morgan fingerprint density at radius 1 is 0.471 bits per heavy atom. The highest BCUT2D eigenvalue weighted by molar-refractivity contribution is 9.42. The molecule has 0 aromatic heterocycles. The molecule has 17 heavy (non-hydrogen) atoms. The Kier molecular flexibility index (Phi) is 9.22. The summed E-state index contributed by atoms with van der Waals surface area (Å²) in [5, 5.41) is 0. The van der Waals surface area contributed by atoms with Gasteiger partial charge in [-0.05, 0) is 6.92 Å². The number of halogens is 11. The molecule has 0 bridgehead atoms. The number of hydrogen-bond acceptors (Lipinski definition) is 0. The van der Waals surface area contributed by atoms with Crippen LogP contribution in [0.2, 0.25) is 0 Å². The van der Waals surface area contributed by atoms with E-state index in [9.17, 15) is 0 Å². The van der Waals surface area contributed by atoms with Gasteiger partial charge in [0.15, 0.2) is 2.14 Å². The molecule has 0 rings (SSSR count). The first kappa shape index (κ1) is 22.3. The van der Waals surface area contributed by atoms with Gasteiger partial charge in [0.05, 0.1) is 0 Å². The summed E-state index contributed by atoms with van der Waals surface area (Å²) in [6, 6.07) is 0. The van der Waals surface area contributed by atoms with Crippen LogP contribution in [0.4, 0.5) is 0 Å². The molecule has 0 aromatic rings. The average Bonchev–Trinajstić information content (AvgIpc) is 1.98. The van der Waals surface area contributed by atoms with Gasteiger partial charge in [0.2, 0.25) is 0 Å². The Morgan fingerprint density at radius 3 is 0.941 bits per heavy atom. The maximum Gasteiger partial charge on any atom is 0.162 e. The van der Waals surface area contributed by atoms with Gasteiger partial charge in [0.1, 0.15) is 12.9 Å². The van der Waals surface area contributed by atoms with Crippen molar-refractivity contribution in [2.75, 3.05) is 0 Å². The van der Waals surface area contributed by atoms with Crippen molar-refractivity contribution >= 4 is 175 Å². The van der Waals surface area contributed by atoms with Gasteiger partial charge in [0, 0.05) is 0 Å². The fraction of sp³-hybridized carbons (Fsp3) is 1.00. The van der Waals surface area contributed by atoms with Gasteiger partial charge >= 0.3 is 0 Å². The molecular weight excluding hydrogens is 951 g/mol. The van der Waals surface area contributed by atoms with Gasteiger partial charge in [-0.3, -0.25) is 0 Å². The molecule has 0 atom stereocenters. The minimum Gasteiger partial charge on any atom is -0.0704 e. The molecule has 0 saturated carbocycles. The normalized spacial score (nSPS) is 16.2. The van der Waals surface area contributed by atoms with Crippen molar-refractivity contribution in [1.82, 2.24) is 0 Å². The molecule has 0 N–H and O–H groups in total. The van der Waals surface area contributed by atoms with Crippen molar-refractivity contribution < 1.29 is 0 Å². The van der Waals surface area contributed by atoms with Crippen LogP contribution in [0.5, 0.6) is 0 Å². The Labute approximate surface area is 193 Å². The third-order valence-electron chi connectivity index (χ3n) is 1.70. The van der Waals surface area contributed by atoms with Gasteiger partial charge in [-0.15, -0.1) is 0 Å². The van der Waals surface area contributed by atoms with Crippen molar-refractivity contribution in [3.8, 4) is 0 Å². The summed E-state index contributed by atoms with van der Waals surface area (Å²) in [7, 11) is 0. The smallest absolute Gasteiger partial charge is 0.0704 e. The first-order valence-electron chi connectivity index (χ1n) is 3.58. The largest absolute Gasteiger partial charge is 0.162 e. The molecule has 0 unspecified atom stereocenters. The molecule has 0 fully saturated rings. The summed E-state index contributed by atoms with van der Waals surface area (Å²) in [6.45, 7) is 1.96. The lowest BCUT2D eigenvalue weighted by Gasteiger charge is -2.50. The van der Waals surface area contributed by atoms with E-state index >= 15 is 0 Å². The van der Waals surface area contributed by atoms with E-state index < -0.39 is 15.1 Å². The molecule has 0 aliphatic rings. The Hall–Kier alpha value is 5.28. The van der Waals surface area contributed by atoms with E-state index in [1.807, 2.05) is 6.92 Å². The second kappa shape index (κ2) is 7.03. The topological polar surface area (TPSA) is 0 Å². The minimum atomic E-state index is -0.682. The fourth-order valence-corrected chi connectivity index (χ4v) is 8.44. The van der Waals surface area contributed by atoms with E-state index in [1.54, 1.807) is 0 Å². The third kappa shape index (κ3) is 4.64. The van der Waals surface area contributed by atoms with E-state index in [2.05, 4.69) is 175 Å². The summed E-state index contributed by atoms with van der Waals surface area (Å²) >= 11 is 39.6. The van der Waals surface area contributed by atoms with Crippen molar-refractivity contribution in [2.45, 2.75) is 22.0 Å². The summed E-state index contributed by atoms with van der Waals surface area (Å²) in [4.78, 5) is 0. The highest BCUT2D eigenvalue weighted by Crippen LogP contribution is 2.71. The van der Waals surface area contributed by atoms with Crippen molar-refractivity contribution in [3.05, 3.63) is 0 Å². The lowest BCUT2D eigenvalue weighted by atomic mass is 10.2. The van der Waals surface area contributed by atoms with Crippen molar-refractivity contribution in [1.29, 1.82) is 0 Å². The predicted octanol–water partition coefficient (Wildman–Crippen LogP) is 8.79. The van der Waals surface area contributed by atoms with Gasteiger partial charge < -0.3 is 0 Å². The van der Waals surface area contributed by atoms with E-state index in [0.29, 0.717) is 0 Å². The quantitative estimate of drug-likeness (QED) is 0.249. The average molecular weight is 954 g/mol. The van der Waals surface area contributed by atoms with E-state index in [4.69, 9.17) is 0 Å². The zero-order valence-electron chi connectivity index (χ0n) is 7.66. The Balaban J connectivity index is 5.73. The van der Waals surface area contributed by atoms with Gasteiger partial charge in [-0.25, -0.2) is 0 Å². The van der Waals surface area contributed by atoms with E-state index in [-0.39, 0.29) is 0 Å². The molecule has 0 aromatic carbocycles. The van der Waals surface area contributed by atoms with Crippen molar-refractivity contribution in [2.24, 2.45) is 0 Å². The second-order valence-electron chi connectivity index (χ2n) is 3.11. The molecule has 0 heterocycles. The van der Waals surface area contributed by atoms with Crippen LogP contribution in [0.15, 0.2) is 0 Å². The van der Waals surface area contributed by atoms with Crippen molar-refractivity contribution in [3.63, 3.8) is 0 Å². The Morgan fingerprint density at radius 2 is 0.765 bits per heavy atom. The third-order valence-corrected chi connectivity index (χ3v) is 21.8. The van der Waals surface area contributed by atoms with Crippen LogP contribution in [-0.4, -0.2) is 15.1 Å². The van der Waals surface area contributed by atoms with Gasteiger partial charge in [-0.1, -0.05) is 175 Å². The first-order chi connectivity index (χ1) is 7.00. The number of rotatable bonds is 3. The fourth-order valence-electron chi connectivity index (χ4n) is 0.651. The standard InChI is InChI=1S/C6H3Br11/c1-2(7,8)3(9,10)4(11,12)5(13,14)6(15,16)17/h1H3. The molecule has 104 valence electrons. The van der Waals surface area contributed by atoms with Crippen LogP contribution in [0.3, 0.4) is 0 Å². The van der Waals surface area contributed by atoms with Crippen LogP contribution < -0.4 is 0 Å². The van der Waals surface area contributed by atoms with Gasteiger partial charge in [0.25, 0.3) is 0 Å². The summed E-state index contributed by atoms with van der Waals surface area (Å²) < 4.78 is -3.04. The highest BCUT2D eigenvalue weighted by atomic mass is 80.0. The van der Waals surface area contributed by atoms with Crippen LogP contribution in [-0.2, 0) is 0 Å². The molecule has 0 saturated heterocycles. The molecular formula is C6H3Br11. The number of hydrogen-bond donors (Lipinski definition) is 0. The van der Waals surface area contributed by atoms with Gasteiger partial charge in [-0.2, -0.15) is 0 Å². The Bertz CT molecular complexity index is 251. The lowest BCUT2D eigenvalue weighted by molar-refractivity contribution is 0.681. The van der Waals surface area contributed by atoms with E-state index in [0.717, 1.165) is 0 Å². The number of alkyl halides is 11. The monoisotopic (exact) mass is 943 g/mol. The zero-order valence-corrected chi connectivity index (χ0v) is 25.1. The lowest BCUT2D eigenvalue weighted by Crippen LogP contribution is -2.58. The maximum atomic E-state index is 3.68. The summed E-state index contributed by atoms with van der Waals surface area (Å²) in [5.74, 6) is 0. The summed E-state index contributed by atoms with van der Waals surface area (Å²) in [6.07, 6.45) is 0. The van der Waals surface area contributed by atoms with E-state index in [1.165, 1.54) is 0 Å². The molecule has 0 amide bonds. The van der Waals surface area contributed by atoms with Crippen LogP contribution in [0, 0.1) is 0 Å². The van der Waals surface area contributed by atoms with Crippen LogP contribution in [0.1, 0.15) is 6.92 Å². The molecule has 0 nitrogen and oxygen atoms in total.